The van der Waals surface area contributed by atoms with Crippen LogP contribution in [-0.4, -0.2) is 15.6 Å². The number of carboxylic acid groups (broad SMARTS) is 1. The number of rotatable bonds is 2. The molecular formula is C14H13NO3. The fraction of sp³-hybridized carbons (Fsp3) is 0.143. The van der Waals surface area contributed by atoms with Gasteiger partial charge >= 0.3 is 5.97 Å². The van der Waals surface area contributed by atoms with Crippen molar-refractivity contribution in [2.24, 2.45) is 0 Å². The van der Waals surface area contributed by atoms with E-state index in [1.807, 2.05) is 32.0 Å². The Morgan fingerprint density at radius 1 is 1.22 bits per heavy atom. The molecule has 0 radical (unpaired) electrons. The highest BCUT2D eigenvalue weighted by Crippen LogP contribution is 2.14. The number of aromatic nitrogens is 1. The van der Waals surface area contributed by atoms with Crippen LogP contribution in [0.15, 0.2) is 41.3 Å². The molecule has 18 heavy (non-hydrogen) atoms. The maximum Gasteiger partial charge on any atom is 0.341 e. The Bertz CT molecular complexity index is 671. The maximum absolute atomic E-state index is 12.1. The van der Waals surface area contributed by atoms with Crippen LogP contribution in [0.5, 0.6) is 0 Å². The smallest absolute Gasteiger partial charge is 0.341 e. The third-order valence-corrected chi connectivity index (χ3v) is 2.80. The zero-order valence-electron chi connectivity index (χ0n) is 10.2. The topological polar surface area (TPSA) is 59.3 Å². The van der Waals surface area contributed by atoms with Gasteiger partial charge in [-0.2, -0.15) is 0 Å². The first kappa shape index (κ1) is 12.1. The Balaban J connectivity index is 2.72. The highest BCUT2D eigenvalue weighted by molar-refractivity contribution is 5.87. The molecule has 0 spiro atoms. The zero-order chi connectivity index (χ0) is 13.3. The lowest BCUT2D eigenvalue weighted by Gasteiger charge is -2.10. The Morgan fingerprint density at radius 2 is 1.94 bits per heavy atom. The van der Waals surface area contributed by atoms with Crippen LogP contribution in [0.1, 0.15) is 21.5 Å². The largest absolute Gasteiger partial charge is 0.477 e. The molecule has 1 heterocycles. The van der Waals surface area contributed by atoms with Crippen molar-refractivity contribution in [2.75, 3.05) is 0 Å². The zero-order valence-corrected chi connectivity index (χ0v) is 10.2. The molecule has 0 bridgehead atoms. The van der Waals surface area contributed by atoms with Crippen molar-refractivity contribution < 1.29 is 9.90 Å². The molecular weight excluding hydrogens is 230 g/mol. The molecule has 0 aliphatic heterocycles. The molecule has 0 saturated heterocycles. The normalized spacial score (nSPS) is 10.3. The fourth-order valence-electron chi connectivity index (χ4n) is 1.83. The average Bonchev–Trinajstić information content (AvgIpc) is 2.32. The number of carboxylic acids is 1. The van der Waals surface area contributed by atoms with Crippen molar-refractivity contribution in [3.8, 4) is 5.69 Å². The van der Waals surface area contributed by atoms with E-state index in [9.17, 15) is 9.59 Å². The van der Waals surface area contributed by atoms with Crippen LogP contribution in [0.3, 0.4) is 0 Å². The summed E-state index contributed by atoms with van der Waals surface area (Å²) >= 11 is 0. The van der Waals surface area contributed by atoms with E-state index in [4.69, 9.17) is 5.11 Å². The van der Waals surface area contributed by atoms with E-state index in [1.165, 1.54) is 10.6 Å². The number of hydrogen-bond acceptors (Lipinski definition) is 2. The molecule has 0 fully saturated rings. The van der Waals surface area contributed by atoms with Crippen molar-refractivity contribution in [2.45, 2.75) is 13.8 Å². The number of benzene rings is 1. The molecule has 0 aliphatic carbocycles. The maximum atomic E-state index is 12.1. The molecule has 0 amide bonds. The second-order valence-corrected chi connectivity index (χ2v) is 4.19. The summed E-state index contributed by atoms with van der Waals surface area (Å²) in [4.78, 5) is 23.0. The molecule has 1 aromatic heterocycles. The van der Waals surface area contributed by atoms with Gasteiger partial charge in [0, 0.05) is 6.20 Å². The van der Waals surface area contributed by atoms with Gasteiger partial charge < -0.3 is 5.11 Å². The van der Waals surface area contributed by atoms with Crippen LogP contribution < -0.4 is 5.56 Å². The van der Waals surface area contributed by atoms with Gasteiger partial charge in [0.1, 0.15) is 5.56 Å². The van der Waals surface area contributed by atoms with E-state index >= 15 is 0 Å². The molecule has 0 atom stereocenters. The minimum atomic E-state index is -1.21. The fourth-order valence-corrected chi connectivity index (χ4v) is 1.83. The summed E-state index contributed by atoms with van der Waals surface area (Å²) in [6.45, 7) is 3.81. The lowest BCUT2D eigenvalue weighted by atomic mass is 10.1. The number of hydrogen-bond donors (Lipinski definition) is 1. The van der Waals surface area contributed by atoms with Crippen molar-refractivity contribution in [3.05, 3.63) is 63.6 Å². The predicted molar refractivity (Wildman–Crippen MR) is 68.5 cm³/mol. The van der Waals surface area contributed by atoms with Crippen LogP contribution in [0, 0.1) is 13.8 Å². The first-order valence-electron chi connectivity index (χ1n) is 5.53. The van der Waals surface area contributed by atoms with Crippen LogP contribution in [0.2, 0.25) is 0 Å². The van der Waals surface area contributed by atoms with Crippen molar-refractivity contribution in [1.29, 1.82) is 0 Å². The van der Waals surface area contributed by atoms with Gasteiger partial charge in [0.25, 0.3) is 5.56 Å². The highest BCUT2D eigenvalue weighted by atomic mass is 16.4. The summed E-state index contributed by atoms with van der Waals surface area (Å²) in [5, 5.41) is 8.95. The van der Waals surface area contributed by atoms with Gasteiger partial charge in [0.05, 0.1) is 5.69 Å². The van der Waals surface area contributed by atoms with Crippen LogP contribution in [-0.2, 0) is 0 Å². The summed E-state index contributed by atoms with van der Waals surface area (Å²) in [5.74, 6) is -1.21. The molecule has 4 nitrogen and oxygen atoms in total. The van der Waals surface area contributed by atoms with Gasteiger partial charge in [-0.1, -0.05) is 12.1 Å². The van der Waals surface area contributed by atoms with Gasteiger partial charge in [-0.25, -0.2) is 4.79 Å². The molecule has 2 aromatic rings. The number of nitrogens with zero attached hydrogens (tertiary/aromatic N) is 1. The minimum absolute atomic E-state index is 0.224. The summed E-state index contributed by atoms with van der Waals surface area (Å²) in [6.07, 6.45) is 1.58. The number of aromatic carboxylic acids is 1. The molecule has 2 rings (SSSR count). The lowest BCUT2D eigenvalue weighted by Crippen LogP contribution is -2.24. The van der Waals surface area contributed by atoms with Gasteiger partial charge in [-0.15, -0.1) is 0 Å². The third kappa shape index (κ3) is 2.05. The Kier molecular flexibility index (Phi) is 3.02. The van der Waals surface area contributed by atoms with Crippen molar-refractivity contribution >= 4 is 5.97 Å². The Hall–Kier alpha value is -2.36. The molecule has 4 heteroatoms. The van der Waals surface area contributed by atoms with Crippen molar-refractivity contribution in [3.63, 3.8) is 0 Å². The minimum Gasteiger partial charge on any atom is -0.477 e. The third-order valence-electron chi connectivity index (χ3n) is 2.80. The summed E-state index contributed by atoms with van der Waals surface area (Å²) in [5.41, 5.74) is 1.91. The summed E-state index contributed by atoms with van der Waals surface area (Å²) in [7, 11) is 0. The predicted octanol–water partition coefficient (Wildman–Crippen LogP) is 2.15. The second kappa shape index (κ2) is 4.49. The second-order valence-electron chi connectivity index (χ2n) is 4.19. The molecule has 1 N–H and O–H groups in total. The van der Waals surface area contributed by atoms with Crippen LogP contribution in [0.4, 0.5) is 0 Å². The molecule has 0 unspecified atom stereocenters. The first-order chi connectivity index (χ1) is 8.50. The van der Waals surface area contributed by atoms with Gasteiger partial charge in [-0.3, -0.25) is 9.36 Å². The summed E-state index contributed by atoms with van der Waals surface area (Å²) in [6, 6.07) is 8.59. The van der Waals surface area contributed by atoms with Gasteiger partial charge in [0.15, 0.2) is 0 Å². The summed E-state index contributed by atoms with van der Waals surface area (Å²) < 4.78 is 1.37. The number of pyridine rings is 1. The number of carbonyl (C=O) groups is 1. The highest BCUT2D eigenvalue weighted by Gasteiger charge is 2.12. The molecule has 92 valence electrons. The first-order valence-corrected chi connectivity index (χ1v) is 5.53. The van der Waals surface area contributed by atoms with E-state index in [0.717, 1.165) is 11.1 Å². The van der Waals surface area contributed by atoms with Crippen molar-refractivity contribution in [1.82, 2.24) is 4.57 Å². The SMILES string of the molecule is Cc1ccc(C)c(-n2cccc(C(=O)O)c2=O)c1. The van der Waals surface area contributed by atoms with Gasteiger partial charge in [0.2, 0.25) is 0 Å². The van der Waals surface area contributed by atoms with E-state index in [2.05, 4.69) is 0 Å². The quantitative estimate of drug-likeness (QED) is 0.879. The Morgan fingerprint density at radius 3 is 2.61 bits per heavy atom. The average molecular weight is 243 g/mol. The molecule has 0 aliphatic rings. The molecule has 1 aromatic carbocycles. The van der Waals surface area contributed by atoms with E-state index in [1.54, 1.807) is 12.3 Å². The van der Waals surface area contributed by atoms with Gasteiger partial charge in [-0.05, 0) is 43.2 Å². The lowest BCUT2D eigenvalue weighted by molar-refractivity contribution is 0.0694. The molecule has 0 saturated carbocycles. The van der Waals surface area contributed by atoms with Crippen LogP contribution >= 0.6 is 0 Å². The monoisotopic (exact) mass is 243 g/mol. The van der Waals surface area contributed by atoms with Crippen LogP contribution in [0.25, 0.3) is 5.69 Å². The van der Waals surface area contributed by atoms with E-state index in [-0.39, 0.29) is 5.56 Å². The standard InChI is InChI=1S/C14H13NO3/c1-9-5-6-10(2)12(8-9)15-7-3-4-11(13(15)16)14(17)18/h3-8H,1-2H3,(H,17,18). The van der Waals surface area contributed by atoms with E-state index in [0.29, 0.717) is 5.69 Å². The number of aryl methyl sites for hydroxylation is 2. The van der Waals surface area contributed by atoms with E-state index < -0.39 is 11.5 Å². The Labute approximate surface area is 104 Å².